The first kappa shape index (κ1) is 32.3. The van der Waals surface area contributed by atoms with Gasteiger partial charge in [-0.3, -0.25) is 9.59 Å². The van der Waals surface area contributed by atoms with Gasteiger partial charge in [-0.05, 0) is 55.0 Å². The van der Waals surface area contributed by atoms with Crippen molar-refractivity contribution in [2.75, 3.05) is 51.9 Å². The Kier molecular flexibility index (Phi) is 9.81. The zero-order valence-electron chi connectivity index (χ0n) is 26.1. The number of anilines is 1. The number of rotatable bonds is 10. The van der Waals surface area contributed by atoms with E-state index in [1.54, 1.807) is 29.2 Å². The number of carboxylic acids is 1. The Morgan fingerprint density at radius 2 is 1.75 bits per heavy atom. The Hall–Kier alpha value is -4.61. The minimum atomic E-state index is -1.09. The molecule has 2 aliphatic rings. The topological polar surface area (TPSA) is 147 Å². The van der Waals surface area contributed by atoms with Gasteiger partial charge in [0.15, 0.2) is 12.4 Å². The van der Waals surface area contributed by atoms with Crippen molar-refractivity contribution in [1.82, 2.24) is 10.2 Å². The summed E-state index contributed by atoms with van der Waals surface area (Å²) in [5.41, 5.74) is 2.90. The molecule has 0 radical (unpaired) electrons. The first-order valence-corrected chi connectivity index (χ1v) is 14.6. The van der Waals surface area contributed by atoms with Gasteiger partial charge in [0, 0.05) is 43.4 Å². The molecule has 2 aromatic carbocycles. The number of hydrogen-bond acceptors (Lipinski definition) is 8. The maximum Gasteiger partial charge on any atom is 0.435 e. The quantitative estimate of drug-likeness (QED) is 0.379. The summed E-state index contributed by atoms with van der Waals surface area (Å²) in [6.07, 6.45) is 1.11. The summed E-state index contributed by atoms with van der Waals surface area (Å²) in [6, 6.07) is 6.87. The fourth-order valence-electron chi connectivity index (χ4n) is 5.47. The number of benzene rings is 2. The van der Waals surface area contributed by atoms with E-state index in [0.717, 1.165) is 37.1 Å². The molecule has 0 bridgehead atoms. The molecule has 1 fully saturated rings. The number of nitrogens with zero attached hydrogens (tertiary/aromatic N) is 3. The van der Waals surface area contributed by atoms with Crippen LogP contribution in [0.25, 0.3) is 0 Å². The predicted octanol–water partition coefficient (Wildman–Crippen LogP) is 4.02. The third-order valence-electron chi connectivity index (χ3n) is 7.57. The number of fused-ring (bicyclic) bond motifs is 1. The summed E-state index contributed by atoms with van der Waals surface area (Å²) in [4.78, 5) is 58.4. The molecule has 2 aliphatic heterocycles. The van der Waals surface area contributed by atoms with Crippen LogP contribution in [0.15, 0.2) is 29.3 Å². The number of amides is 2. The number of carbonyl (C=O) groups excluding carboxylic acids is 3. The third kappa shape index (κ3) is 6.95. The van der Waals surface area contributed by atoms with Crippen LogP contribution in [-0.2, 0) is 21.5 Å². The van der Waals surface area contributed by atoms with Crippen LogP contribution in [0.3, 0.4) is 0 Å². The molecule has 12 nitrogen and oxygen atoms in total. The Bertz CT molecular complexity index is 1490. The summed E-state index contributed by atoms with van der Waals surface area (Å²) in [5, 5.41) is 11.9. The fraction of sp³-hybridized carbons (Fsp3) is 0.469. The van der Waals surface area contributed by atoms with Crippen LogP contribution < -0.4 is 19.7 Å². The van der Waals surface area contributed by atoms with Crippen molar-refractivity contribution in [1.29, 1.82) is 0 Å². The molecule has 236 valence electrons. The molecule has 0 atom stereocenters. The van der Waals surface area contributed by atoms with Crippen molar-refractivity contribution in [3.63, 3.8) is 0 Å². The lowest BCUT2D eigenvalue weighted by Crippen LogP contribution is -2.32. The minimum Gasteiger partial charge on any atom is -0.493 e. The van der Waals surface area contributed by atoms with Crippen molar-refractivity contribution in [2.45, 2.75) is 52.5 Å². The van der Waals surface area contributed by atoms with Crippen LogP contribution in [0.2, 0.25) is 0 Å². The molecule has 1 saturated heterocycles. The molecule has 2 heterocycles. The minimum absolute atomic E-state index is 0.123. The smallest absolute Gasteiger partial charge is 0.435 e. The number of aliphatic carboxylic acids is 1. The molecule has 0 aromatic heterocycles. The number of carboxylic acid groups (broad SMARTS) is 1. The molecule has 4 rings (SSSR count). The van der Waals surface area contributed by atoms with Crippen LogP contribution >= 0.6 is 0 Å². The summed E-state index contributed by atoms with van der Waals surface area (Å²) in [7, 11) is 2.73. The number of amidine groups is 1. The second-order valence-corrected chi connectivity index (χ2v) is 11.7. The van der Waals surface area contributed by atoms with Crippen LogP contribution in [0.4, 0.5) is 10.5 Å². The standard InChI is InChI=1S/C32H40N4O8/c1-7-43-26-14-20-16-36(29(34-31(41)42-6)21(20)15-22(26)30(40)33-5)17-25(37)19-12-23(32(2,3)4)28(44-18-27(38)39)24(13-19)35-10-8-9-11-35/h12-15H,7-11,16-18H2,1-6H3,(H,33,40)(H,38,39)/b34-29-. The second kappa shape index (κ2) is 13.4. The van der Waals surface area contributed by atoms with Crippen molar-refractivity contribution in [3.05, 3.63) is 52.1 Å². The molecule has 12 heteroatoms. The zero-order valence-corrected chi connectivity index (χ0v) is 26.1. The van der Waals surface area contributed by atoms with Gasteiger partial charge >= 0.3 is 12.1 Å². The van der Waals surface area contributed by atoms with E-state index < -0.39 is 24.1 Å². The number of aliphatic imine (C=N–C) groups is 1. The lowest BCUT2D eigenvalue weighted by atomic mass is 9.84. The average molecular weight is 609 g/mol. The van der Waals surface area contributed by atoms with Crippen LogP contribution in [0.5, 0.6) is 11.5 Å². The summed E-state index contributed by atoms with van der Waals surface area (Å²) in [6.45, 7) is 9.25. The number of hydrogen-bond donors (Lipinski definition) is 2. The molecule has 0 aliphatic carbocycles. The maximum atomic E-state index is 14.0. The van der Waals surface area contributed by atoms with E-state index in [4.69, 9.17) is 14.2 Å². The van der Waals surface area contributed by atoms with E-state index in [1.807, 2.05) is 27.7 Å². The van der Waals surface area contributed by atoms with Crippen molar-refractivity contribution in [3.8, 4) is 11.5 Å². The van der Waals surface area contributed by atoms with Crippen LogP contribution in [0.1, 0.15) is 77.9 Å². The van der Waals surface area contributed by atoms with Gasteiger partial charge in [0.2, 0.25) is 0 Å². The number of carbonyl (C=O) groups is 4. The van der Waals surface area contributed by atoms with Crippen molar-refractivity contribution >= 4 is 35.3 Å². The van der Waals surface area contributed by atoms with Crippen LogP contribution in [-0.4, -0.2) is 86.6 Å². The molecule has 0 spiro atoms. The van der Waals surface area contributed by atoms with Gasteiger partial charge in [0.25, 0.3) is 5.91 Å². The lowest BCUT2D eigenvalue weighted by Gasteiger charge is -2.29. The van der Waals surface area contributed by atoms with E-state index in [2.05, 4.69) is 15.2 Å². The maximum absolute atomic E-state index is 14.0. The lowest BCUT2D eigenvalue weighted by molar-refractivity contribution is -0.139. The fourth-order valence-corrected chi connectivity index (χ4v) is 5.47. The Morgan fingerprint density at radius 3 is 2.34 bits per heavy atom. The van der Waals surface area contributed by atoms with Crippen molar-refractivity contribution < 1.29 is 38.5 Å². The van der Waals surface area contributed by atoms with Gasteiger partial charge in [-0.15, -0.1) is 0 Å². The Morgan fingerprint density at radius 1 is 1.05 bits per heavy atom. The van der Waals surface area contributed by atoms with E-state index in [-0.39, 0.29) is 36.2 Å². The van der Waals surface area contributed by atoms with Gasteiger partial charge in [-0.1, -0.05) is 20.8 Å². The molecule has 0 saturated carbocycles. The first-order chi connectivity index (χ1) is 20.9. The van der Waals surface area contributed by atoms with Gasteiger partial charge in [0.05, 0.1) is 31.5 Å². The number of ketones is 1. The van der Waals surface area contributed by atoms with Gasteiger partial charge in [-0.2, -0.15) is 4.99 Å². The highest BCUT2D eigenvalue weighted by Crippen LogP contribution is 2.42. The molecule has 0 unspecified atom stereocenters. The normalized spacial score (nSPS) is 15.3. The van der Waals surface area contributed by atoms with Crippen molar-refractivity contribution in [2.24, 2.45) is 4.99 Å². The number of methoxy groups -OCH3 is 1. The zero-order chi connectivity index (χ0) is 32.2. The second-order valence-electron chi connectivity index (χ2n) is 11.7. The van der Waals surface area contributed by atoms with E-state index >= 15 is 0 Å². The molecule has 2 N–H and O–H groups in total. The third-order valence-corrected chi connectivity index (χ3v) is 7.57. The average Bonchev–Trinajstić information content (AvgIpc) is 3.63. The van der Waals surface area contributed by atoms with E-state index in [9.17, 15) is 24.3 Å². The van der Waals surface area contributed by atoms with E-state index in [1.165, 1.54) is 14.2 Å². The monoisotopic (exact) mass is 608 g/mol. The highest BCUT2D eigenvalue weighted by atomic mass is 16.5. The summed E-state index contributed by atoms with van der Waals surface area (Å²) < 4.78 is 16.4. The SMILES string of the molecule is CCOc1cc2c(cc1C(=O)NC)/C(=N/C(=O)OC)N(CC(=O)c1cc(N3CCCC3)c(OCC(=O)O)c(C(C)(C)C)c1)C2. The van der Waals surface area contributed by atoms with Gasteiger partial charge in [0.1, 0.15) is 17.3 Å². The van der Waals surface area contributed by atoms with E-state index in [0.29, 0.717) is 34.9 Å². The predicted molar refractivity (Wildman–Crippen MR) is 164 cm³/mol. The van der Waals surface area contributed by atoms with Crippen LogP contribution in [0, 0.1) is 0 Å². The highest BCUT2D eigenvalue weighted by molar-refractivity contribution is 6.11. The number of Topliss-reactive ketones (excluding diaryl/α,β-unsaturated/α-hetero) is 1. The molecular formula is C32H40N4O8. The number of nitrogens with one attached hydrogen (secondary N) is 1. The Labute approximate surface area is 257 Å². The summed E-state index contributed by atoms with van der Waals surface area (Å²) >= 11 is 0. The summed E-state index contributed by atoms with van der Waals surface area (Å²) in [5.74, 6) is -0.621. The highest BCUT2D eigenvalue weighted by Gasteiger charge is 2.33. The Balaban J connectivity index is 1.77. The molecule has 44 heavy (non-hydrogen) atoms. The molecule has 2 amide bonds. The van der Waals surface area contributed by atoms with Gasteiger partial charge < -0.3 is 34.4 Å². The largest absolute Gasteiger partial charge is 0.493 e. The van der Waals surface area contributed by atoms with Gasteiger partial charge in [-0.25, -0.2) is 9.59 Å². The molecular weight excluding hydrogens is 568 g/mol. The first-order valence-electron chi connectivity index (χ1n) is 14.6. The number of ether oxygens (including phenoxy) is 3. The molecule has 2 aromatic rings.